The van der Waals surface area contributed by atoms with E-state index in [4.69, 9.17) is 0 Å². The molecule has 170 valence electrons. The summed E-state index contributed by atoms with van der Waals surface area (Å²) in [6.45, 7) is 4.67. The lowest BCUT2D eigenvalue weighted by molar-refractivity contribution is 0.248. The van der Waals surface area contributed by atoms with Gasteiger partial charge in [0.1, 0.15) is 0 Å². The van der Waals surface area contributed by atoms with E-state index in [-0.39, 0.29) is 0 Å². The Kier molecular flexibility index (Phi) is 10.8. The van der Waals surface area contributed by atoms with E-state index in [1.54, 1.807) is 11.1 Å². The molecule has 0 bridgehead atoms. The van der Waals surface area contributed by atoms with Gasteiger partial charge in [0.15, 0.2) is 0 Å². The quantitative estimate of drug-likeness (QED) is 0.301. The molecule has 1 aromatic rings. The Morgan fingerprint density at radius 1 is 0.567 bits per heavy atom. The van der Waals surface area contributed by atoms with Gasteiger partial charge in [-0.1, -0.05) is 115 Å². The highest BCUT2D eigenvalue weighted by Gasteiger charge is 2.22. The third-order valence-corrected chi connectivity index (χ3v) is 8.50. The second-order valence-corrected chi connectivity index (χ2v) is 10.9. The first-order valence-electron chi connectivity index (χ1n) is 13.9. The highest BCUT2D eigenvalue weighted by molar-refractivity contribution is 5.26. The molecule has 3 rings (SSSR count). The lowest BCUT2D eigenvalue weighted by Gasteiger charge is -2.29. The molecule has 0 spiro atoms. The minimum Gasteiger partial charge on any atom is -0.0654 e. The molecule has 2 fully saturated rings. The monoisotopic (exact) mass is 410 g/mol. The second kappa shape index (κ2) is 13.6. The summed E-state index contributed by atoms with van der Waals surface area (Å²) < 4.78 is 0. The first kappa shape index (κ1) is 23.9. The van der Waals surface area contributed by atoms with Gasteiger partial charge in [-0.2, -0.15) is 0 Å². The van der Waals surface area contributed by atoms with Gasteiger partial charge in [0.2, 0.25) is 0 Å². The van der Waals surface area contributed by atoms with E-state index in [2.05, 4.69) is 38.1 Å². The van der Waals surface area contributed by atoms with Crippen molar-refractivity contribution in [1.82, 2.24) is 0 Å². The molecular weight excluding hydrogens is 360 g/mol. The number of hydrogen-bond donors (Lipinski definition) is 0. The van der Waals surface area contributed by atoms with Crippen LogP contribution < -0.4 is 0 Å². The van der Waals surface area contributed by atoms with Crippen LogP contribution in [0.4, 0.5) is 0 Å². The first-order valence-corrected chi connectivity index (χ1v) is 13.9. The van der Waals surface area contributed by atoms with Crippen LogP contribution >= 0.6 is 0 Å². The fourth-order valence-electron chi connectivity index (χ4n) is 6.40. The molecular formula is C30H50. The van der Waals surface area contributed by atoms with Crippen LogP contribution in [-0.4, -0.2) is 0 Å². The van der Waals surface area contributed by atoms with Crippen molar-refractivity contribution >= 4 is 0 Å². The van der Waals surface area contributed by atoms with E-state index in [9.17, 15) is 0 Å². The van der Waals surface area contributed by atoms with E-state index < -0.39 is 0 Å². The summed E-state index contributed by atoms with van der Waals surface area (Å²) in [6.07, 6.45) is 26.0. The molecule has 2 aliphatic rings. The van der Waals surface area contributed by atoms with Gasteiger partial charge in [0, 0.05) is 0 Å². The lowest BCUT2D eigenvalue weighted by Crippen LogP contribution is -2.14. The summed E-state index contributed by atoms with van der Waals surface area (Å²) in [5, 5.41) is 0. The smallest absolute Gasteiger partial charge is 0.0162 e. The molecule has 30 heavy (non-hydrogen) atoms. The normalized spacial score (nSPS) is 27.3. The van der Waals surface area contributed by atoms with Gasteiger partial charge < -0.3 is 0 Å². The maximum atomic E-state index is 2.46. The van der Waals surface area contributed by atoms with Gasteiger partial charge in [0.25, 0.3) is 0 Å². The van der Waals surface area contributed by atoms with Crippen LogP contribution in [0.25, 0.3) is 0 Å². The molecule has 0 N–H and O–H groups in total. The standard InChI is InChI=1S/C30H50/c1-3-5-6-10-27-17-21-29(22-18-27)30-23-19-28(20-24-30)12-8-7-11-26-15-13-25(9-4-2)14-16-26/h19-20,23-27,29H,3-18,21-22H2,1-2H3/t25-,26-,27-,29-. The van der Waals surface area contributed by atoms with E-state index >= 15 is 0 Å². The van der Waals surface area contributed by atoms with Crippen LogP contribution in [0.1, 0.15) is 140 Å². The molecule has 0 heteroatoms. The Labute approximate surface area is 188 Å². The van der Waals surface area contributed by atoms with Crippen molar-refractivity contribution in [3.8, 4) is 0 Å². The van der Waals surface area contributed by atoms with Gasteiger partial charge in [-0.3, -0.25) is 0 Å². The van der Waals surface area contributed by atoms with Crippen molar-refractivity contribution in [3.63, 3.8) is 0 Å². The second-order valence-electron chi connectivity index (χ2n) is 10.9. The molecule has 0 aromatic heterocycles. The molecule has 0 heterocycles. The van der Waals surface area contributed by atoms with Gasteiger partial charge in [0.05, 0.1) is 0 Å². The fraction of sp³-hybridized carbons (Fsp3) is 0.800. The summed E-state index contributed by atoms with van der Waals surface area (Å²) in [6, 6.07) is 9.82. The Morgan fingerprint density at radius 2 is 1.10 bits per heavy atom. The van der Waals surface area contributed by atoms with Gasteiger partial charge in [-0.25, -0.2) is 0 Å². The molecule has 0 saturated heterocycles. The average Bonchev–Trinajstić information content (AvgIpc) is 2.79. The Morgan fingerprint density at radius 3 is 1.67 bits per heavy atom. The Bertz CT molecular complexity index is 540. The highest BCUT2D eigenvalue weighted by Crippen LogP contribution is 2.38. The molecule has 0 aliphatic heterocycles. The van der Waals surface area contributed by atoms with Crippen LogP contribution in [0, 0.1) is 17.8 Å². The zero-order valence-corrected chi connectivity index (χ0v) is 20.3. The van der Waals surface area contributed by atoms with Crippen LogP contribution in [0.3, 0.4) is 0 Å². The summed E-state index contributed by atoms with van der Waals surface area (Å²) in [7, 11) is 0. The highest BCUT2D eigenvalue weighted by atomic mass is 14.3. The Hall–Kier alpha value is -0.780. The molecule has 1 aromatic carbocycles. The average molecular weight is 411 g/mol. The maximum absolute atomic E-state index is 2.46. The number of unbranched alkanes of at least 4 members (excludes halogenated alkanes) is 3. The van der Waals surface area contributed by atoms with E-state index in [0.29, 0.717) is 0 Å². The molecule has 0 nitrogen and oxygen atoms in total. The number of aryl methyl sites for hydroxylation is 1. The Balaban J connectivity index is 1.29. The molecule has 0 amide bonds. The third-order valence-electron chi connectivity index (χ3n) is 8.50. The van der Waals surface area contributed by atoms with E-state index in [1.807, 2.05) is 0 Å². The first-order chi connectivity index (χ1) is 14.8. The maximum Gasteiger partial charge on any atom is -0.0162 e. The SMILES string of the molecule is CCCCC[C@H]1CC[C@H](c2ccc(CCCC[C@H]3CC[C@H](CCC)CC3)cc2)CC1. The zero-order chi connectivity index (χ0) is 21.0. The minimum atomic E-state index is 0.837. The fourth-order valence-corrected chi connectivity index (χ4v) is 6.40. The van der Waals surface area contributed by atoms with Gasteiger partial charge >= 0.3 is 0 Å². The largest absolute Gasteiger partial charge is 0.0654 e. The molecule has 0 unspecified atom stereocenters. The zero-order valence-electron chi connectivity index (χ0n) is 20.3. The third kappa shape index (κ3) is 8.05. The van der Waals surface area contributed by atoms with Gasteiger partial charge in [-0.05, 0) is 73.3 Å². The summed E-state index contributed by atoms with van der Waals surface area (Å²) in [5.74, 6) is 3.96. The van der Waals surface area contributed by atoms with Crippen molar-refractivity contribution in [2.24, 2.45) is 17.8 Å². The molecule has 0 atom stereocenters. The number of rotatable bonds is 12. The van der Waals surface area contributed by atoms with Crippen molar-refractivity contribution in [2.45, 2.75) is 135 Å². The van der Waals surface area contributed by atoms with E-state index in [0.717, 1.165) is 23.7 Å². The summed E-state index contributed by atoms with van der Waals surface area (Å²) in [4.78, 5) is 0. The molecule has 2 saturated carbocycles. The van der Waals surface area contributed by atoms with Crippen LogP contribution in [0.15, 0.2) is 24.3 Å². The van der Waals surface area contributed by atoms with Crippen molar-refractivity contribution < 1.29 is 0 Å². The minimum absolute atomic E-state index is 0.837. The summed E-state index contributed by atoms with van der Waals surface area (Å²) >= 11 is 0. The van der Waals surface area contributed by atoms with Crippen molar-refractivity contribution in [2.75, 3.05) is 0 Å². The number of benzene rings is 1. The predicted molar refractivity (Wildman–Crippen MR) is 133 cm³/mol. The number of hydrogen-bond acceptors (Lipinski definition) is 0. The van der Waals surface area contributed by atoms with Gasteiger partial charge in [-0.15, -0.1) is 0 Å². The van der Waals surface area contributed by atoms with Crippen molar-refractivity contribution in [1.29, 1.82) is 0 Å². The molecule has 2 aliphatic carbocycles. The van der Waals surface area contributed by atoms with Crippen LogP contribution in [0.2, 0.25) is 0 Å². The van der Waals surface area contributed by atoms with Crippen molar-refractivity contribution in [3.05, 3.63) is 35.4 Å². The van der Waals surface area contributed by atoms with Crippen LogP contribution in [-0.2, 0) is 6.42 Å². The summed E-state index contributed by atoms with van der Waals surface area (Å²) in [5.41, 5.74) is 3.19. The van der Waals surface area contributed by atoms with E-state index in [1.165, 1.54) is 116 Å². The predicted octanol–water partition coefficient (Wildman–Crippen LogP) is 9.86. The topological polar surface area (TPSA) is 0 Å². The molecule has 0 radical (unpaired) electrons. The lowest BCUT2D eigenvalue weighted by atomic mass is 9.77. The van der Waals surface area contributed by atoms with Crippen LogP contribution in [0.5, 0.6) is 0 Å².